The molecule has 0 radical (unpaired) electrons. The average Bonchev–Trinajstić information content (AvgIpc) is 3.26. The number of carbonyl (C=O) groups excluding carboxylic acids is 2. The molecule has 1 aliphatic heterocycles. The summed E-state index contributed by atoms with van der Waals surface area (Å²) in [4.78, 5) is 28.7. The van der Waals surface area contributed by atoms with E-state index in [1.165, 1.54) is 16.7 Å². The van der Waals surface area contributed by atoms with Crippen LogP contribution in [0.3, 0.4) is 0 Å². The quantitative estimate of drug-likeness (QED) is 0.607. The maximum atomic E-state index is 14.4. The van der Waals surface area contributed by atoms with Gasteiger partial charge in [-0.15, -0.1) is 0 Å². The number of thiazole rings is 1. The Hall–Kier alpha value is -3.27. The van der Waals surface area contributed by atoms with E-state index >= 15 is 0 Å². The first-order chi connectivity index (χ1) is 14.0. The molecule has 0 atom stereocenters. The van der Waals surface area contributed by atoms with Crippen molar-refractivity contribution in [2.24, 2.45) is 4.99 Å². The highest BCUT2D eigenvalue weighted by Crippen LogP contribution is 2.32. The average molecular weight is 420 g/mol. The van der Waals surface area contributed by atoms with E-state index in [4.69, 9.17) is 14.2 Å². The first-order valence-electron chi connectivity index (χ1n) is 8.59. The maximum absolute atomic E-state index is 14.4. The number of halogens is 2. The monoisotopic (exact) mass is 420 g/mol. The molecule has 0 saturated heterocycles. The Labute approximate surface area is 166 Å². The number of aromatic nitrogens is 1. The fraction of sp³-hybridized carbons (Fsp3) is 0.211. The van der Waals surface area contributed by atoms with Crippen LogP contribution < -0.4 is 14.3 Å². The van der Waals surface area contributed by atoms with Gasteiger partial charge in [0.2, 0.25) is 6.79 Å². The summed E-state index contributed by atoms with van der Waals surface area (Å²) in [5, 5.41) is 0. The highest BCUT2D eigenvalue weighted by atomic mass is 32.1. The van der Waals surface area contributed by atoms with Crippen LogP contribution in [0, 0.1) is 11.6 Å². The van der Waals surface area contributed by atoms with Crippen molar-refractivity contribution >= 4 is 33.4 Å². The molecule has 0 spiro atoms. The summed E-state index contributed by atoms with van der Waals surface area (Å²) in [5.41, 5.74) is 0.197. The van der Waals surface area contributed by atoms with Crippen molar-refractivity contribution in [1.82, 2.24) is 4.57 Å². The second-order valence-corrected chi connectivity index (χ2v) is 7.00. The van der Waals surface area contributed by atoms with Crippen LogP contribution in [0.25, 0.3) is 10.2 Å². The molecule has 29 heavy (non-hydrogen) atoms. The lowest BCUT2D eigenvalue weighted by Gasteiger charge is -2.06. The minimum Gasteiger partial charge on any atom is -0.465 e. The van der Waals surface area contributed by atoms with E-state index in [1.807, 2.05) is 0 Å². The number of esters is 1. The molecule has 4 rings (SSSR count). The van der Waals surface area contributed by atoms with E-state index in [-0.39, 0.29) is 40.5 Å². The summed E-state index contributed by atoms with van der Waals surface area (Å²) in [6, 6.07) is 6.41. The van der Waals surface area contributed by atoms with Crippen molar-refractivity contribution in [3.8, 4) is 11.5 Å². The molecule has 0 N–H and O–H groups in total. The number of carbonyl (C=O) groups is 2. The van der Waals surface area contributed by atoms with E-state index in [1.54, 1.807) is 13.0 Å². The van der Waals surface area contributed by atoms with Crippen LogP contribution in [0.15, 0.2) is 35.3 Å². The summed E-state index contributed by atoms with van der Waals surface area (Å²) in [7, 11) is 0. The van der Waals surface area contributed by atoms with Crippen molar-refractivity contribution in [3.05, 3.63) is 52.3 Å². The van der Waals surface area contributed by atoms with Crippen molar-refractivity contribution in [1.29, 1.82) is 0 Å². The lowest BCUT2D eigenvalue weighted by atomic mass is 10.2. The van der Waals surface area contributed by atoms with Gasteiger partial charge >= 0.3 is 5.97 Å². The Morgan fingerprint density at radius 1 is 1.21 bits per heavy atom. The lowest BCUT2D eigenvalue weighted by Crippen LogP contribution is -2.23. The van der Waals surface area contributed by atoms with E-state index in [9.17, 15) is 18.4 Å². The third-order valence-electron chi connectivity index (χ3n) is 4.10. The number of hydrogen-bond acceptors (Lipinski definition) is 6. The normalized spacial score (nSPS) is 13.1. The molecular formula is C19H14F2N2O5S. The molecule has 1 aromatic heterocycles. The van der Waals surface area contributed by atoms with Crippen LogP contribution in [0.1, 0.15) is 17.3 Å². The Balaban J connectivity index is 1.82. The smallest absolute Gasteiger partial charge is 0.326 e. The summed E-state index contributed by atoms with van der Waals surface area (Å²) in [5.74, 6) is -1.97. The lowest BCUT2D eigenvalue weighted by molar-refractivity contribution is -0.143. The van der Waals surface area contributed by atoms with Crippen molar-refractivity contribution < 1.29 is 32.6 Å². The molecule has 2 aromatic carbocycles. The number of rotatable bonds is 4. The zero-order chi connectivity index (χ0) is 20.5. The number of amides is 1. The third-order valence-corrected chi connectivity index (χ3v) is 5.13. The minimum atomic E-state index is -0.863. The molecule has 0 aliphatic carbocycles. The van der Waals surface area contributed by atoms with Gasteiger partial charge in [0.25, 0.3) is 5.91 Å². The SMILES string of the molecule is CCOC(=O)Cn1c(=NC(=O)c2ccc3c(c2)OCO3)sc2cc(F)cc(F)c21. The van der Waals surface area contributed by atoms with Gasteiger partial charge in [0.15, 0.2) is 22.1 Å². The topological polar surface area (TPSA) is 79.1 Å². The van der Waals surface area contributed by atoms with E-state index in [2.05, 4.69) is 4.99 Å². The van der Waals surface area contributed by atoms with Gasteiger partial charge in [0, 0.05) is 11.6 Å². The van der Waals surface area contributed by atoms with Crippen LogP contribution in [0.4, 0.5) is 8.78 Å². The zero-order valence-corrected chi connectivity index (χ0v) is 15.9. The fourth-order valence-corrected chi connectivity index (χ4v) is 3.94. The molecule has 7 nitrogen and oxygen atoms in total. The van der Waals surface area contributed by atoms with Gasteiger partial charge in [-0.1, -0.05) is 11.3 Å². The standard InChI is InChI=1S/C19H14F2N2O5S/c1-2-26-16(24)8-23-17-12(21)6-11(20)7-15(17)29-19(23)22-18(25)10-3-4-13-14(5-10)28-9-27-13/h3-7H,2,8-9H2,1H3. The predicted octanol–water partition coefficient (Wildman–Crippen LogP) is 3.01. The molecule has 3 aromatic rings. The summed E-state index contributed by atoms with van der Waals surface area (Å²) in [6.45, 7) is 1.47. The minimum absolute atomic E-state index is 0.0262. The van der Waals surface area contributed by atoms with Crippen LogP contribution >= 0.6 is 11.3 Å². The first-order valence-corrected chi connectivity index (χ1v) is 9.40. The molecule has 1 aliphatic rings. The van der Waals surface area contributed by atoms with E-state index < -0.39 is 23.5 Å². The summed E-state index contributed by atoms with van der Waals surface area (Å²) in [6.07, 6.45) is 0. The number of benzene rings is 2. The van der Waals surface area contributed by atoms with Crippen molar-refractivity contribution in [3.63, 3.8) is 0 Å². The van der Waals surface area contributed by atoms with Crippen LogP contribution in [0.5, 0.6) is 11.5 Å². The van der Waals surface area contributed by atoms with Gasteiger partial charge in [0.05, 0.1) is 16.8 Å². The van der Waals surface area contributed by atoms with Crippen LogP contribution in [-0.4, -0.2) is 29.8 Å². The van der Waals surface area contributed by atoms with Gasteiger partial charge in [-0.05, 0) is 31.2 Å². The zero-order valence-electron chi connectivity index (χ0n) is 15.1. The van der Waals surface area contributed by atoms with Crippen LogP contribution in [0.2, 0.25) is 0 Å². The Morgan fingerprint density at radius 3 is 2.79 bits per heavy atom. The van der Waals surface area contributed by atoms with Gasteiger partial charge in [0.1, 0.15) is 12.4 Å². The van der Waals surface area contributed by atoms with Crippen LogP contribution in [-0.2, 0) is 16.1 Å². The largest absolute Gasteiger partial charge is 0.465 e. The molecule has 0 bridgehead atoms. The molecule has 0 saturated carbocycles. The van der Waals surface area contributed by atoms with Crippen molar-refractivity contribution in [2.45, 2.75) is 13.5 Å². The molecule has 0 unspecified atom stereocenters. The maximum Gasteiger partial charge on any atom is 0.326 e. The predicted molar refractivity (Wildman–Crippen MR) is 98.8 cm³/mol. The number of hydrogen-bond donors (Lipinski definition) is 0. The van der Waals surface area contributed by atoms with Crippen molar-refractivity contribution in [2.75, 3.05) is 13.4 Å². The molecule has 2 heterocycles. The number of fused-ring (bicyclic) bond motifs is 2. The van der Waals surface area contributed by atoms with Gasteiger partial charge in [-0.25, -0.2) is 8.78 Å². The Morgan fingerprint density at radius 2 is 2.00 bits per heavy atom. The van der Waals surface area contributed by atoms with E-state index in [0.717, 1.165) is 17.4 Å². The highest BCUT2D eigenvalue weighted by Gasteiger charge is 2.19. The molecule has 150 valence electrons. The second kappa shape index (κ2) is 7.63. The van der Waals surface area contributed by atoms with Gasteiger partial charge in [-0.3, -0.25) is 9.59 Å². The number of nitrogens with zero attached hydrogens (tertiary/aromatic N) is 2. The van der Waals surface area contributed by atoms with Gasteiger partial charge in [-0.2, -0.15) is 4.99 Å². The fourth-order valence-electron chi connectivity index (χ4n) is 2.88. The summed E-state index contributed by atoms with van der Waals surface area (Å²) < 4.78 is 44.8. The second-order valence-electron chi connectivity index (χ2n) is 6.00. The Bertz CT molecular complexity index is 1200. The third kappa shape index (κ3) is 3.70. The number of ether oxygens (including phenoxy) is 3. The highest BCUT2D eigenvalue weighted by molar-refractivity contribution is 7.16. The van der Waals surface area contributed by atoms with E-state index in [0.29, 0.717) is 17.6 Å². The molecular weight excluding hydrogens is 406 g/mol. The molecule has 0 fully saturated rings. The van der Waals surface area contributed by atoms with Gasteiger partial charge < -0.3 is 18.8 Å². The Kier molecular flexibility index (Phi) is 5.01. The summed E-state index contributed by atoms with van der Waals surface area (Å²) >= 11 is 0.892. The molecule has 1 amide bonds. The molecule has 10 heteroatoms. The first kappa shape index (κ1) is 19.1.